The number of hydrogen-bond acceptors (Lipinski definition) is 4. The SMILES string of the molecule is CCON(CCOC)NC. The fourth-order valence-electron chi connectivity index (χ4n) is 0.571. The van der Waals surface area contributed by atoms with Gasteiger partial charge in [0.2, 0.25) is 0 Å². The number of hydroxylamine groups is 1. The van der Waals surface area contributed by atoms with Crippen LogP contribution in [0.2, 0.25) is 0 Å². The molecule has 0 rings (SSSR count). The van der Waals surface area contributed by atoms with Crippen LogP contribution in [0.5, 0.6) is 0 Å². The maximum atomic E-state index is 5.14. The first-order valence-corrected chi connectivity index (χ1v) is 3.42. The minimum absolute atomic E-state index is 0.668. The number of hydrazine groups is 1. The number of hydrogen-bond donors (Lipinski definition) is 1. The monoisotopic (exact) mass is 148 g/mol. The Morgan fingerprint density at radius 1 is 1.50 bits per heavy atom. The first kappa shape index (κ1) is 9.84. The van der Waals surface area contributed by atoms with E-state index < -0.39 is 0 Å². The molecule has 0 atom stereocenters. The molecule has 0 aromatic carbocycles. The van der Waals surface area contributed by atoms with Gasteiger partial charge in [0.05, 0.1) is 19.8 Å². The molecule has 10 heavy (non-hydrogen) atoms. The lowest BCUT2D eigenvalue weighted by molar-refractivity contribution is -0.192. The number of rotatable bonds is 6. The summed E-state index contributed by atoms with van der Waals surface area (Å²) in [5.74, 6) is 0. The summed E-state index contributed by atoms with van der Waals surface area (Å²) in [4.78, 5) is 5.14. The first-order valence-electron chi connectivity index (χ1n) is 3.42. The van der Waals surface area contributed by atoms with Gasteiger partial charge in [-0.05, 0) is 6.92 Å². The molecule has 0 unspecified atom stereocenters. The predicted octanol–water partition coefficient (Wildman–Crippen LogP) is 0.0207. The molecule has 0 aliphatic rings. The summed E-state index contributed by atoms with van der Waals surface area (Å²) in [7, 11) is 3.48. The third-order valence-corrected chi connectivity index (χ3v) is 1.03. The lowest BCUT2D eigenvalue weighted by Crippen LogP contribution is -2.37. The van der Waals surface area contributed by atoms with Gasteiger partial charge in [-0.3, -0.25) is 4.84 Å². The van der Waals surface area contributed by atoms with Crippen molar-refractivity contribution in [2.75, 3.05) is 33.9 Å². The van der Waals surface area contributed by atoms with Crippen molar-refractivity contribution in [3.63, 3.8) is 0 Å². The first-order chi connectivity index (χ1) is 4.85. The van der Waals surface area contributed by atoms with Gasteiger partial charge in [-0.15, -0.1) is 5.17 Å². The van der Waals surface area contributed by atoms with Gasteiger partial charge < -0.3 is 4.74 Å². The third kappa shape index (κ3) is 4.69. The Balaban J connectivity index is 3.21. The quantitative estimate of drug-likeness (QED) is 0.538. The van der Waals surface area contributed by atoms with Crippen LogP contribution in [0.25, 0.3) is 0 Å². The highest BCUT2D eigenvalue weighted by atomic mass is 16.7. The summed E-state index contributed by atoms with van der Waals surface area (Å²) in [5.41, 5.74) is 2.87. The second-order valence-electron chi connectivity index (χ2n) is 1.74. The number of ether oxygens (including phenoxy) is 1. The number of methoxy groups -OCH3 is 1. The van der Waals surface area contributed by atoms with Crippen LogP contribution in [-0.2, 0) is 9.57 Å². The van der Waals surface area contributed by atoms with Crippen LogP contribution in [-0.4, -0.2) is 39.1 Å². The van der Waals surface area contributed by atoms with Gasteiger partial charge in [0.25, 0.3) is 0 Å². The zero-order valence-electron chi connectivity index (χ0n) is 6.89. The maximum Gasteiger partial charge on any atom is 0.0673 e. The molecule has 0 aromatic rings. The molecule has 0 saturated carbocycles. The van der Waals surface area contributed by atoms with E-state index in [0.717, 1.165) is 6.54 Å². The van der Waals surface area contributed by atoms with Crippen LogP contribution >= 0.6 is 0 Å². The van der Waals surface area contributed by atoms with Gasteiger partial charge in [0, 0.05) is 14.2 Å². The molecular formula is C6H16N2O2. The van der Waals surface area contributed by atoms with Crippen LogP contribution < -0.4 is 5.43 Å². The summed E-state index contributed by atoms with van der Waals surface area (Å²) in [6, 6.07) is 0. The highest BCUT2D eigenvalue weighted by molar-refractivity contribution is 4.33. The standard InChI is InChI=1S/C6H16N2O2/c1-4-10-8(7-2)5-6-9-3/h7H,4-6H2,1-3H3. The van der Waals surface area contributed by atoms with Gasteiger partial charge in [0.15, 0.2) is 0 Å². The summed E-state index contributed by atoms with van der Waals surface area (Å²) in [5, 5.41) is 1.64. The van der Waals surface area contributed by atoms with E-state index in [1.54, 1.807) is 12.3 Å². The van der Waals surface area contributed by atoms with E-state index in [1.165, 1.54) is 0 Å². The second-order valence-corrected chi connectivity index (χ2v) is 1.74. The average Bonchev–Trinajstić information content (AvgIpc) is 1.98. The van der Waals surface area contributed by atoms with E-state index in [2.05, 4.69) is 5.43 Å². The average molecular weight is 148 g/mol. The summed E-state index contributed by atoms with van der Waals surface area (Å²) in [6.07, 6.45) is 0. The fraction of sp³-hybridized carbons (Fsp3) is 1.00. The Morgan fingerprint density at radius 2 is 2.20 bits per heavy atom. The molecule has 0 aliphatic heterocycles. The fourth-order valence-corrected chi connectivity index (χ4v) is 0.571. The van der Waals surface area contributed by atoms with Gasteiger partial charge >= 0.3 is 0 Å². The largest absolute Gasteiger partial charge is 0.383 e. The molecule has 0 aliphatic carbocycles. The van der Waals surface area contributed by atoms with E-state index in [4.69, 9.17) is 9.57 Å². The summed E-state index contributed by atoms with van der Waals surface area (Å²) >= 11 is 0. The van der Waals surface area contributed by atoms with Crippen molar-refractivity contribution >= 4 is 0 Å². The van der Waals surface area contributed by atoms with E-state index in [-0.39, 0.29) is 0 Å². The topological polar surface area (TPSA) is 33.7 Å². The molecule has 0 aromatic heterocycles. The van der Waals surface area contributed by atoms with Crippen LogP contribution in [0.15, 0.2) is 0 Å². The molecule has 0 amide bonds. The zero-order valence-corrected chi connectivity index (χ0v) is 6.89. The smallest absolute Gasteiger partial charge is 0.0673 e. The van der Waals surface area contributed by atoms with Crippen LogP contribution in [0.1, 0.15) is 6.92 Å². The summed E-state index contributed by atoms with van der Waals surface area (Å²) < 4.78 is 4.86. The molecule has 0 heterocycles. The number of nitrogens with zero attached hydrogens (tertiary/aromatic N) is 1. The maximum absolute atomic E-state index is 5.14. The molecule has 0 saturated heterocycles. The molecule has 0 bridgehead atoms. The van der Waals surface area contributed by atoms with Crippen LogP contribution in [0, 0.1) is 0 Å². The molecule has 0 fully saturated rings. The summed E-state index contributed by atoms with van der Waals surface area (Å²) in [6.45, 7) is 4.02. The molecule has 4 heteroatoms. The van der Waals surface area contributed by atoms with Crippen molar-refractivity contribution in [3.05, 3.63) is 0 Å². The molecular weight excluding hydrogens is 132 g/mol. The molecule has 4 nitrogen and oxygen atoms in total. The lowest BCUT2D eigenvalue weighted by Gasteiger charge is -2.18. The highest BCUT2D eigenvalue weighted by Gasteiger charge is 1.97. The Hall–Kier alpha value is -0.160. The molecule has 1 N–H and O–H groups in total. The Bertz CT molecular complexity index is 70.8. The Kier molecular flexibility index (Phi) is 6.84. The third-order valence-electron chi connectivity index (χ3n) is 1.03. The number of nitrogens with one attached hydrogen (secondary N) is 1. The molecule has 62 valence electrons. The lowest BCUT2D eigenvalue weighted by atomic mass is 10.7. The van der Waals surface area contributed by atoms with E-state index >= 15 is 0 Å². The second kappa shape index (κ2) is 6.95. The molecule has 0 radical (unpaired) electrons. The minimum Gasteiger partial charge on any atom is -0.383 e. The van der Waals surface area contributed by atoms with Gasteiger partial charge in [-0.25, -0.2) is 5.43 Å². The predicted molar refractivity (Wildman–Crippen MR) is 39.3 cm³/mol. The normalized spacial score (nSPS) is 10.8. The van der Waals surface area contributed by atoms with E-state index in [0.29, 0.717) is 13.2 Å². The van der Waals surface area contributed by atoms with Crippen molar-refractivity contribution in [2.45, 2.75) is 6.92 Å². The van der Waals surface area contributed by atoms with Crippen molar-refractivity contribution in [1.29, 1.82) is 0 Å². The van der Waals surface area contributed by atoms with Crippen LogP contribution in [0.3, 0.4) is 0 Å². The van der Waals surface area contributed by atoms with E-state index in [1.807, 2.05) is 14.0 Å². The van der Waals surface area contributed by atoms with Gasteiger partial charge in [-0.1, -0.05) is 0 Å². The Labute approximate surface area is 62.0 Å². The minimum atomic E-state index is 0.668. The highest BCUT2D eigenvalue weighted by Crippen LogP contribution is 1.82. The van der Waals surface area contributed by atoms with Gasteiger partial charge in [0.1, 0.15) is 0 Å². The van der Waals surface area contributed by atoms with Crippen molar-refractivity contribution in [1.82, 2.24) is 10.6 Å². The van der Waals surface area contributed by atoms with Crippen molar-refractivity contribution in [2.24, 2.45) is 0 Å². The Morgan fingerprint density at radius 3 is 2.60 bits per heavy atom. The van der Waals surface area contributed by atoms with Crippen LogP contribution in [0.4, 0.5) is 0 Å². The van der Waals surface area contributed by atoms with Crippen molar-refractivity contribution < 1.29 is 9.57 Å². The van der Waals surface area contributed by atoms with Crippen molar-refractivity contribution in [3.8, 4) is 0 Å². The van der Waals surface area contributed by atoms with Gasteiger partial charge in [-0.2, -0.15) is 0 Å². The molecule has 0 spiro atoms. The zero-order chi connectivity index (χ0) is 7.82. The van der Waals surface area contributed by atoms with E-state index in [9.17, 15) is 0 Å².